The van der Waals surface area contributed by atoms with Crippen molar-refractivity contribution in [2.45, 2.75) is 18.0 Å². The van der Waals surface area contributed by atoms with Gasteiger partial charge in [-0.05, 0) is 35.6 Å². The number of rotatable bonds is 7. The third-order valence-corrected chi connectivity index (χ3v) is 5.36. The monoisotopic (exact) mass is 386 g/mol. The van der Waals surface area contributed by atoms with E-state index in [0.717, 1.165) is 43.3 Å². The molecule has 0 unspecified atom stereocenters. The van der Waals surface area contributed by atoms with Crippen LogP contribution in [0.1, 0.15) is 21.5 Å². The van der Waals surface area contributed by atoms with Crippen LogP contribution in [0.5, 0.6) is 5.75 Å². The van der Waals surface area contributed by atoms with Crippen LogP contribution in [-0.4, -0.2) is 50.5 Å². The molecular weight excluding hydrogens is 360 g/mol. The molecule has 2 aromatic rings. The fourth-order valence-electron chi connectivity index (χ4n) is 3.04. The number of benzene rings is 2. The summed E-state index contributed by atoms with van der Waals surface area (Å²) in [4.78, 5) is 16.0. The van der Waals surface area contributed by atoms with Crippen LogP contribution in [0, 0.1) is 0 Å². The number of hydrogen-bond donors (Lipinski definition) is 1. The molecule has 1 heterocycles. The minimum atomic E-state index is -0.128. The summed E-state index contributed by atoms with van der Waals surface area (Å²) in [5.41, 5.74) is 2.91. The molecule has 1 aliphatic rings. The summed E-state index contributed by atoms with van der Waals surface area (Å²) in [5.74, 6) is 0.470. The molecule has 0 spiro atoms. The van der Waals surface area contributed by atoms with Crippen LogP contribution in [0.3, 0.4) is 0 Å². The van der Waals surface area contributed by atoms with Gasteiger partial charge in [0.2, 0.25) is 0 Å². The molecule has 0 aromatic heterocycles. The first kappa shape index (κ1) is 19.7. The van der Waals surface area contributed by atoms with E-state index in [-0.39, 0.29) is 5.91 Å². The first-order valence-corrected chi connectivity index (χ1v) is 10.3. The number of ether oxygens (including phenoxy) is 2. The molecule has 144 valence electrons. The smallest absolute Gasteiger partial charge is 0.255 e. The van der Waals surface area contributed by atoms with Crippen LogP contribution in [-0.2, 0) is 17.8 Å². The molecule has 2 aromatic carbocycles. The van der Waals surface area contributed by atoms with Gasteiger partial charge in [-0.2, -0.15) is 0 Å². The molecule has 1 aliphatic heterocycles. The largest absolute Gasteiger partial charge is 0.496 e. The average Bonchev–Trinajstić information content (AvgIpc) is 2.73. The molecule has 0 atom stereocenters. The molecule has 0 saturated carbocycles. The van der Waals surface area contributed by atoms with Crippen molar-refractivity contribution in [3.63, 3.8) is 0 Å². The van der Waals surface area contributed by atoms with Gasteiger partial charge in [0, 0.05) is 31.1 Å². The van der Waals surface area contributed by atoms with Crippen molar-refractivity contribution in [1.82, 2.24) is 10.2 Å². The standard InChI is InChI=1S/C21H26N2O3S/c1-25-20-13-18(27-2)7-8-19(20)21(24)22-14-16-3-5-17(6-4-16)15-23-9-11-26-12-10-23/h3-8,13H,9-12,14-15H2,1-2H3,(H,22,24). The van der Waals surface area contributed by atoms with E-state index in [9.17, 15) is 4.79 Å². The highest BCUT2D eigenvalue weighted by Crippen LogP contribution is 2.25. The summed E-state index contributed by atoms with van der Waals surface area (Å²) in [6.45, 7) is 5.01. The lowest BCUT2D eigenvalue weighted by molar-refractivity contribution is 0.0342. The number of nitrogens with zero attached hydrogens (tertiary/aromatic N) is 1. The Labute approximate surface area is 165 Å². The van der Waals surface area contributed by atoms with Crippen molar-refractivity contribution >= 4 is 17.7 Å². The van der Waals surface area contributed by atoms with Crippen LogP contribution in [0.15, 0.2) is 47.4 Å². The molecule has 1 amide bonds. The Balaban J connectivity index is 1.55. The van der Waals surface area contributed by atoms with E-state index >= 15 is 0 Å². The maximum absolute atomic E-state index is 12.5. The van der Waals surface area contributed by atoms with Crippen molar-refractivity contribution in [3.8, 4) is 5.75 Å². The molecule has 1 N–H and O–H groups in total. The van der Waals surface area contributed by atoms with Gasteiger partial charge in [-0.25, -0.2) is 0 Å². The molecule has 1 fully saturated rings. The molecule has 27 heavy (non-hydrogen) atoms. The fourth-order valence-corrected chi connectivity index (χ4v) is 3.47. The van der Waals surface area contributed by atoms with Crippen LogP contribution in [0.2, 0.25) is 0 Å². The predicted molar refractivity (Wildman–Crippen MR) is 108 cm³/mol. The van der Waals surface area contributed by atoms with E-state index in [2.05, 4.69) is 34.5 Å². The number of nitrogens with one attached hydrogen (secondary N) is 1. The third kappa shape index (κ3) is 5.48. The number of methoxy groups -OCH3 is 1. The minimum absolute atomic E-state index is 0.128. The summed E-state index contributed by atoms with van der Waals surface area (Å²) in [5, 5.41) is 2.98. The topological polar surface area (TPSA) is 50.8 Å². The SMILES string of the molecule is COc1cc(SC)ccc1C(=O)NCc1ccc(CN2CCOCC2)cc1. The van der Waals surface area contributed by atoms with E-state index < -0.39 is 0 Å². The summed E-state index contributed by atoms with van der Waals surface area (Å²) in [7, 11) is 1.59. The quantitative estimate of drug-likeness (QED) is 0.741. The minimum Gasteiger partial charge on any atom is -0.496 e. The lowest BCUT2D eigenvalue weighted by Crippen LogP contribution is -2.35. The van der Waals surface area contributed by atoms with Gasteiger partial charge >= 0.3 is 0 Å². The highest BCUT2D eigenvalue weighted by molar-refractivity contribution is 7.98. The van der Waals surface area contributed by atoms with Crippen molar-refractivity contribution in [1.29, 1.82) is 0 Å². The number of amides is 1. The van der Waals surface area contributed by atoms with Crippen molar-refractivity contribution in [3.05, 3.63) is 59.2 Å². The molecule has 0 aliphatic carbocycles. The lowest BCUT2D eigenvalue weighted by atomic mass is 10.1. The van der Waals surface area contributed by atoms with Gasteiger partial charge in [-0.15, -0.1) is 11.8 Å². The fraction of sp³-hybridized carbons (Fsp3) is 0.381. The lowest BCUT2D eigenvalue weighted by Gasteiger charge is -2.26. The summed E-state index contributed by atoms with van der Waals surface area (Å²) in [6.07, 6.45) is 2.00. The van der Waals surface area contributed by atoms with Gasteiger partial charge in [0.15, 0.2) is 0 Å². The Morgan fingerprint density at radius 3 is 2.52 bits per heavy atom. The molecule has 1 saturated heterocycles. The molecule has 0 radical (unpaired) electrons. The molecular formula is C21H26N2O3S. The second-order valence-electron chi connectivity index (χ2n) is 6.45. The normalized spacial score (nSPS) is 14.7. The zero-order chi connectivity index (χ0) is 19.1. The van der Waals surface area contributed by atoms with Gasteiger partial charge in [0.1, 0.15) is 5.75 Å². The zero-order valence-corrected chi connectivity index (χ0v) is 16.7. The van der Waals surface area contributed by atoms with E-state index in [4.69, 9.17) is 9.47 Å². The molecule has 5 nitrogen and oxygen atoms in total. The number of morpholine rings is 1. The Hall–Kier alpha value is -2.02. The van der Waals surface area contributed by atoms with Crippen LogP contribution in [0.25, 0.3) is 0 Å². The molecule has 6 heteroatoms. The van der Waals surface area contributed by atoms with Crippen LogP contribution < -0.4 is 10.1 Å². The van der Waals surface area contributed by atoms with Crippen LogP contribution >= 0.6 is 11.8 Å². The number of carbonyl (C=O) groups is 1. The summed E-state index contributed by atoms with van der Waals surface area (Å²) < 4.78 is 10.7. The summed E-state index contributed by atoms with van der Waals surface area (Å²) in [6, 6.07) is 14.0. The highest BCUT2D eigenvalue weighted by Gasteiger charge is 2.13. The predicted octanol–water partition coefficient (Wildman–Crippen LogP) is 3.18. The number of carbonyl (C=O) groups excluding carboxylic acids is 1. The third-order valence-electron chi connectivity index (χ3n) is 4.64. The van der Waals surface area contributed by atoms with E-state index in [1.165, 1.54) is 5.56 Å². The Bertz CT molecular complexity index is 759. The van der Waals surface area contributed by atoms with E-state index in [1.54, 1.807) is 18.9 Å². The van der Waals surface area contributed by atoms with Gasteiger partial charge in [-0.3, -0.25) is 9.69 Å². The van der Waals surface area contributed by atoms with E-state index in [1.807, 2.05) is 24.5 Å². The van der Waals surface area contributed by atoms with Crippen molar-refractivity contribution in [2.24, 2.45) is 0 Å². The maximum atomic E-state index is 12.5. The highest BCUT2D eigenvalue weighted by atomic mass is 32.2. The number of hydrogen-bond acceptors (Lipinski definition) is 5. The average molecular weight is 387 g/mol. The van der Waals surface area contributed by atoms with E-state index in [0.29, 0.717) is 17.9 Å². The first-order chi connectivity index (χ1) is 13.2. The van der Waals surface area contributed by atoms with Gasteiger partial charge < -0.3 is 14.8 Å². The Morgan fingerprint density at radius 2 is 1.85 bits per heavy atom. The second kappa shape index (κ2) is 9.78. The van der Waals surface area contributed by atoms with Gasteiger partial charge in [-0.1, -0.05) is 24.3 Å². The van der Waals surface area contributed by atoms with Gasteiger partial charge in [0.05, 0.1) is 25.9 Å². The van der Waals surface area contributed by atoms with Crippen molar-refractivity contribution < 1.29 is 14.3 Å². The summed E-state index contributed by atoms with van der Waals surface area (Å²) >= 11 is 1.62. The molecule has 3 rings (SSSR count). The van der Waals surface area contributed by atoms with Gasteiger partial charge in [0.25, 0.3) is 5.91 Å². The Kier molecular flexibility index (Phi) is 7.15. The Morgan fingerprint density at radius 1 is 1.15 bits per heavy atom. The molecule has 0 bridgehead atoms. The zero-order valence-electron chi connectivity index (χ0n) is 15.9. The number of thioether (sulfide) groups is 1. The van der Waals surface area contributed by atoms with Crippen LogP contribution in [0.4, 0.5) is 0 Å². The second-order valence-corrected chi connectivity index (χ2v) is 7.33. The van der Waals surface area contributed by atoms with Crippen molar-refractivity contribution in [2.75, 3.05) is 39.7 Å². The maximum Gasteiger partial charge on any atom is 0.255 e. The first-order valence-electron chi connectivity index (χ1n) is 9.07.